The Morgan fingerprint density at radius 2 is 2.14 bits per heavy atom. The molecule has 1 aromatic rings. The van der Waals surface area contributed by atoms with Crippen LogP contribution in [0.3, 0.4) is 0 Å². The van der Waals surface area contributed by atoms with Gasteiger partial charge in [0.05, 0.1) is 11.4 Å². The van der Waals surface area contributed by atoms with Crippen LogP contribution in [0, 0.1) is 12.8 Å². The Balaban J connectivity index is 1.78. The standard InChI is InChI=1S/C17H30N4/c1-5-17(4)12-20(16(10-18-17)14-7-8-14)11-15-9-13(3)19-21(15)6-2/h9,14,16,18H,5-8,10-12H2,1-4H3. The highest BCUT2D eigenvalue weighted by atomic mass is 15.3. The molecule has 1 saturated carbocycles. The van der Waals surface area contributed by atoms with Crippen LogP contribution in [0.2, 0.25) is 0 Å². The van der Waals surface area contributed by atoms with Crippen LogP contribution in [0.15, 0.2) is 6.07 Å². The van der Waals surface area contributed by atoms with E-state index in [2.05, 4.69) is 53.8 Å². The summed E-state index contributed by atoms with van der Waals surface area (Å²) in [5.41, 5.74) is 2.78. The average molecular weight is 290 g/mol. The van der Waals surface area contributed by atoms with E-state index in [4.69, 9.17) is 0 Å². The molecule has 4 heteroatoms. The van der Waals surface area contributed by atoms with Gasteiger partial charge < -0.3 is 5.32 Å². The van der Waals surface area contributed by atoms with Crippen molar-refractivity contribution in [2.75, 3.05) is 13.1 Å². The maximum absolute atomic E-state index is 4.61. The first kappa shape index (κ1) is 15.0. The van der Waals surface area contributed by atoms with Crippen LogP contribution in [0.5, 0.6) is 0 Å². The molecule has 21 heavy (non-hydrogen) atoms. The number of nitrogens with one attached hydrogen (secondary N) is 1. The molecule has 1 aliphatic heterocycles. The second-order valence-corrected chi connectivity index (χ2v) is 7.20. The average Bonchev–Trinajstić information content (AvgIpc) is 3.23. The quantitative estimate of drug-likeness (QED) is 0.905. The molecule has 1 saturated heterocycles. The van der Waals surface area contributed by atoms with Crippen LogP contribution in [0.4, 0.5) is 0 Å². The van der Waals surface area contributed by atoms with Gasteiger partial charge in [-0.1, -0.05) is 6.92 Å². The lowest BCUT2D eigenvalue weighted by Gasteiger charge is -2.46. The molecule has 2 atom stereocenters. The summed E-state index contributed by atoms with van der Waals surface area (Å²) in [6, 6.07) is 2.98. The molecule has 3 rings (SSSR count). The SMILES string of the molecule is CCn1nc(C)cc1CN1CC(C)(CC)NCC1C1CC1. The molecule has 0 bridgehead atoms. The van der Waals surface area contributed by atoms with Gasteiger partial charge in [-0.2, -0.15) is 5.10 Å². The molecule has 0 amide bonds. The van der Waals surface area contributed by atoms with E-state index in [1.165, 1.54) is 25.0 Å². The zero-order valence-corrected chi connectivity index (χ0v) is 14.0. The summed E-state index contributed by atoms with van der Waals surface area (Å²) < 4.78 is 2.17. The van der Waals surface area contributed by atoms with E-state index in [0.29, 0.717) is 6.04 Å². The number of hydrogen-bond donors (Lipinski definition) is 1. The molecule has 118 valence electrons. The Hall–Kier alpha value is -0.870. The highest BCUT2D eigenvalue weighted by Gasteiger charge is 2.42. The maximum Gasteiger partial charge on any atom is 0.0597 e. The summed E-state index contributed by atoms with van der Waals surface area (Å²) in [5.74, 6) is 0.915. The van der Waals surface area contributed by atoms with Gasteiger partial charge in [-0.05, 0) is 52.0 Å². The summed E-state index contributed by atoms with van der Waals surface area (Å²) in [4.78, 5) is 2.72. The Kier molecular flexibility index (Phi) is 4.10. The van der Waals surface area contributed by atoms with E-state index < -0.39 is 0 Å². The van der Waals surface area contributed by atoms with Gasteiger partial charge in [-0.3, -0.25) is 9.58 Å². The summed E-state index contributed by atoms with van der Waals surface area (Å²) in [7, 11) is 0. The van der Waals surface area contributed by atoms with Crippen LogP contribution < -0.4 is 5.32 Å². The van der Waals surface area contributed by atoms with Gasteiger partial charge in [0.15, 0.2) is 0 Å². The number of aryl methyl sites for hydroxylation is 2. The molecule has 2 unspecified atom stereocenters. The Bertz CT molecular complexity index is 491. The van der Waals surface area contributed by atoms with Gasteiger partial charge in [0.2, 0.25) is 0 Å². The minimum Gasteiger partial charge on any atom is -0.309 e. The van der Waals surface area contributed by atoms with Crippen molar-refractivity contribution in [2.24, 2.45) is 5.92 Å². The third-order valence-electron chi connectivity index (χ3n) is 5.36. The zero-order valence-electron chi connectivity index (χ0n) is 14.0. The van der Waals surface area contributed by atoms with Gasteiger partial charge in [0.25, 0.3) is 0 Å². The van der Waals surface area contributed by atoms with Gasteiger partial charge >= 0.3 is 0 Å². The predicted octanol–water partition coefficient (Wildman–Crippen LogP) is 2.56. The van der Waals surface area contributed by atoms with Crippen LogP contribution in [0.1, 0.15) is 51.4 Å². The predicted molar refractivity (Wildman–Crippen MR) is 86.3 cm³/mol. The van der Waals surface area contributed by atoms with Crippen molar-refractivity contribution in [3.63, 3.8) is 0 Å². The molecular formula is C17H30N4. The fourth-order valence-corrected chi connectivity index (χ4v) is 3.67. The third-order valence-corrected chi connectivity index (χ3v) is 5.36. The highest BCUT2D eigenvalue weighted by Crippen LogP contribution is 2.38. The summed E-state index contributed by atoms with van der Waals surface area (Å²) in [6.45, 7) is 13.3. The van der Waals surface area contributed by atoms with E-state index in [9.17, 15) is 0 Å². The topological polar surface area (TPSA) is 33.1 Å². The third kappa shape index (κ3) is 3.16. The minimum atomic E-state index is 0.261. The molecule has 2 heterocycles. The fourth-order valence-electron chi connectivity index (χ4n) is 3.67. The molecule has 1 N–H and O–H groups in total. The fraction of sp³-hybridized carbons (Fsp3) is 0.824. The van der Waals surface area contributed by atoms with Crippen molar-refractivity contribution in [1.29, 1.82) is 0 Å². The summed E-state index contributed by atoms with van der Waals surface area (Å²) in [6.07, 6.45) is 4.02. The molecule has 1 aromatic heterocycles. The summed E-state index contributed by atoms with van der Waals surface area (Å²) in [5, 5.41) is 8.41. The number of aromatic nitrogens is 2. The molecule has 2 fully saturated rings. The molecule has 4 nitrogen and oxygen atoms in total. The number of rotatable bonds is 5. The van der Waals surface area contributed by atoms with Crippen molar-refractivity contribution < 1.29 is 0 Å². The Morgan fingerprint density at radius 3 is 2.76 bits per heavy atom. The Morgan fingerprint density at radius 1 is 1.38 bits per heavy atom. The molecule has 1 aliphatic carbocycles. The van der Waals surface area contributed by atoms with E-state index in [1.54, 1.807) is 0 Å². The maximum atomic E-state index is 4.61. The van der Waals surface area contributed by atoms with Crippen molar-refractivity contribution in [2.45, 2.75) is 71.6 Å². The molecule has 2 aliphatic rings. The van der Waals surface area contributed by atoms with Crippen molar-refractivity contribution in [3.8, 4) is 0 Å². The largest absolute Gasteiger partial charge is 0.309 e. The number of piperazine rings is 1. The number of nitrogens with zero attached hydrogens (tertiary/aromatic N) is 3. The molecular weight excluding hydrogens is 260 g/mol. The van der Waals surface area contributed by atoms with E-state index in [0.717, 1.165) is 37.8 Å². The number of hydrogen-bond acceptors (Lipinski definition) is 3. The van der Waals surface area contributed by atoms with Gasteiger partial charge in [-0.25, -0.2) is 0 Å². The van der Waals surface area contributed by atoms with E-state index in [1.807, 2.05) is 0 Å². The van der Waals surface area contributed by atoms with Crippen molar-refractivity contribution in [3.05, 3.63) is 17.5 Å². The van der Waals surface area contributed by atoms with E-state index in [-0.39, 0.29) is 5.54 Å². The van der Waals surface area contributed by atoms with E-state index >= 15 is 0 Å². The van der Waals surface area contributed by atoms with Crippen molar-refractivity contribution in [1.82, 2.24) is 20.0 Å². The molecule has 0 aromatic carbocycles. The lowest BCUT2D eigenvalue weighted by molar-refractivity contribution is 0.0640. The van der Waals surface area contributed by atoms with Gasteiger partial charge in [0.1, 0.15) is 0 Å². The van der Waals surface area contributed by atoms with Crippen LogP contribution >= 0.6 is 0 Å². The smallest absolute Gasteiger partial charge is 0.0597 e. The van der Waals surface area contributed by atoms with Gasteiger partial charge in [-0.15, -0.1) is 0 Å². The van der Waals surface area contributed by atoms with Gasteiger partial charge in [0, 0.05) is 37.8 Å². The first-order valence-electron chi connectivity index (χ1n) is 8.57. The highest BCUT2D eigenvalue weighted by molar-refractivity contribution is 5.11. The second-order valence-electron chi connectivity index (χ2n) is 7.20. The first-order valence-corrected chi connectivity index (χ1v) is 8.57. The summed E-state index contributed by atoms with van der Waals surface area (Å²) >= 11 is 0. The van der Waals surface area contributed by atoms with Crippen LogP contribution in [0.25, 0.3) is 0 Å². The second kappa shape index (κ2) is 5.73. The lowest BCUT2D eigenvalue weighted by atomic mass is 9.92. The zero-order chi connectivity index (χ0) is 15.0. The van der Waals surface area contributed by atoms with Crippen LogP contribution in [-0.4, -0.2) is 39.4 Å². The minimum absolute atomic E-state index is 0.261. The molecule has 0 radical (unpaired) electrons. The molecule has 0 spiro atoms. The Labute approximate surface area is 128 Å². The van der Waals surface area contributed by atoms with Crippen LogP contribution in [-0.2, 0) is 13.1 Å². The van der Waals surface area contributed by atoms with Crippen molar-refractivity contribution >= 4 is 0 Å². The lowest BCUT2D eigenvalue weighted by Crippen LogP contribution is -2.63. The normalized spacial score (nSPS) is 30.8. The first-order chi connectivity index (χ1) is 10.0. The monoisotopic (exact) mass is 290 g/mol.